The van der Waals surface area contributed by atoms with E-state index >= 15 is 0 Å². The van der Waals surface area contributed by atoms with E-state index < -0.39 is 0 Å². The van der Waals surface area contributed by atoms with Crippen molar-refractivity contribution in [2.24, 2.45) is 5.73 Å². The van der Waals surface area contributed by atoms with Crippen LogP contribution in [-0.2, 0) is 6.42 Å². The van der Waals surface area contributed by atoms with Gasteiger partial charge in [-0.1, -0.05) is 11.3 Å². The number of fused-ring (bicyclic) bond motifs is 1. The Morgan fingerprint density at radius 3 is 3.00 bits per heavy atom. The maximum Gasteiger partial charge on any atom is 0.234 e. The molecule has 0 aliphatic heterocycles. The Kier molecular flexibility index (Phi) is 2.00. The first-order valence-electron chi connectivity index (χ1n) is 5.20. The van der Waals surface area contributed by atoms with Gasteiger partial charge in [0.25, 0.3) is 0 Å². The Morgan fingerprint density at radius 2 is 2.33 bits per heavy atom. The van der Waals surface area contributed by atoms with E-state index in [1.165, 1.54) is 12.8 Å². The van der Waals surface area contributed by atoms with E-state index in [-0.39, 0.29) is 6.04 Å². The molecule has 1 aliphatic carbocycles. The quantitative estimate of drug-likeness (QED) is 0.841. The average molecular weight is 223 g/mol. The molecule has 6 heteroatoms. The molecule has 0 amide bonds. The fourth-order valence-electron chi connectivity index (χ4n) is 1.63. The minimum atomic E-state index is 0.151. The number of hydrogen-bond donors (Lipinski definition) is 1. The van der Waals surface area contributed by atoms with Crippen LogP contribution in [0.2, 0.25) is 0 Å². The van der Waals surface area contributed by atoms with Crippen molar-refractivity contribution in [3.8, 4) is 0 Å². The minimum Gasteiger partial charge on any atom is -0.328 e. The largest absolute Gasteiger partial charge is 0.328 e. The first-order chi connectivity index (χ1) is 7.24. The lowest BCUT2D eigenvalue weighted by Gasteiger charge is -1.98. The van der Waals surface area contributed by atoms with Crippen molar-refractivity contribution < 1.29 is 0 Å². The highest BCUT2D eigenvalue weighted by Crippen LogP contribution is 2.39. The lowest BCUT2D eigenvalue weighted by atomic mass is 10.3. The predicted molar refractivity (Wildman–Crippen MR) is 58.0 cm³/mol. The lowest BCUT2D eigenvalue weighted by molar-refractivity contribution is 0.711. The number of aromatic nitrogens is 4. The van der Waals surface area contributed by atoms with Gasteiger partial charge >= 0.3 is 0 Å². The zero-order valence-electron chi connectivity index (χ0n) is 8.55. The summed E-state index contributed by atoms with van der Waals surface area (Å²) in [6.45, 7) is 1.99. The van der Waals surface area contributed by atoms with Gasteiger partial charge in [0.05, 0.1) is 0 Å². The second-order valence-corrected chi connectivity index (χ2v) is 5.24. The van der Waals surface area contributed by atoms with Crippen LogP contribution in [0.5, 0.6) is 0 Å². The molecule has 5 nitrogen and oxygen atoms in total. The van der Waals surface area contributed by atoms with Gasteiger partial charge in [-0.25, -0.2) is 0 Å². The molecule has 1 fully saturated rings. The highest BCUT2D eigenvalue weighted by molar-refractivity contribution is 7.16. The Labute approximate surface area is 91.3 Å². The van der Waals surface area contributed by atoms with Gasteiger partial charge in [-0.15, -0.1) is 10.2 Å². The molecular weight excluding hydrogens is 210 g/mol. The summed E-state index contributed by atoms with van der Waals surface area (Å²) < 4.78 is 1.89. The van der Waals surface area contributed by atoms with E-state index in [1.54, 1.807) is 11.3 Å². The molecule has 2 aromatic heterocycles. The zero-order chi connectivity index (χ0) is 10.4. The fraction of sp³-hybridized carbons (Fsp3) is 0.667. The fourth-order valence-corrected chi connectivity index (χ4v) is 2.61. The average Bonchev–Trinajstić information content (AvgIpc) is 2.80. The summed E-state index contributed by atoms with van der Waals surface area (Å²) in [6, 6.07) is 0.151. The highest BCUT2D eigenvalue weighted by Gasteiger charge is 2.29. The molecule has 15 heavy (non-hydrogen) atoms. The van der Waals surface area contributed by atoms with Crippen LogP contribution >= 0.6 is 11.3 Å². The third-order valence-corrected chi connectivity index (χ3v) is 3.42. The van der Waals surface area contributed by atoms with Crippen LogP contribution < -0.4 is 5.73 Å². The van der Waals surface area contributed by atoms with Crippen molar-refractivity contribution in [1.82, 2.24) is 19.8 Å². The van der Waals surface area contributed by atoms with E-state index in [9.17, 15) is 0 Å². The summed E-state index contributed by atoms with van der Waals surface area (Å²) in [5.74, 6) is 1.61. The Balaban J connectivity index is 1.99. The van der Waals surface area contributed by atoms with Crippen LogP contribution in [0.3, 0.4) is 0 Å². The Bertz CT molecular complexity index is 482. The normalized spacial score (nSPS) is 18.5. The zero-order valence-corrected chi connectivity index (χ0v) is 9.37. The van der Waals surface area contributed by atoms with Gasteiger partial charge in [-0.3, -0.25) is 0 Å². The molecule has 0 spiro atoms. The van der Waals surface area contributed by atoms with Crippen LogP contribution in [0.1, 0.15) is 36.5 Å². The molecule has 2 heterocycles. The van der Waals surface area contributed by atoms with Crippen molar-refractivity contribution in [3.05, 3.63) is 10.8 Å². The summed E-state index contributed by atoms with van der Waals surface area (Å²) in [6.07, 6.45) is 3.26. The van der Waals surface area contributed by atoms with Crippen LogP contribution in [0, 0.1) is 0 Å². The van der Waals surface area contributed by atoms with E-state index in [4.69, 9.17) is 5.73 Å². The summed E-state index contributed by atoms with van der Waals surface area (Å²) in [5, 5.41) is 13.9. The monoisotopic (exact) mass is 223 g/mol. The first kappa shape index (κ1) is 9.23. The van der Waals surface area contributed by atoms with Crippen molar-refractivity contribution in [1.29, 1.82) is 0 Å². The Hall–Kier alpha value is -1.01. The molecule has 80 valence electrons. The van der Waals surface area contributed by atoms with Crippen molar-refractivity contribution >= 4 is 16.3 Å². The molecule has 2 N–H and O–H groups in total. The molecule has 1 unspecified atom stereocenters. The predicted octanol–water partition coefficient (Wildman–Crippen LogP) is 0.953. The van der Waals surface area contributed by atoms with Crippen LogP contribution in [0.25, 0.3) is 4.96 Å². The van der Waals surface area contributed by atoms with Crippen molar-refractivity contribution in [3.63, 3.8) is 0 Å². The molecule has 3 rings (SSSR count). The van der Waals surface area contributed by atoms with Gasteiger partial charge in [0.2, 0.25) is 4.96 Å². The van der Waals surface area contributed by atoms with E-state index in [2.05, 4.69) is 15.3 Å². The topological polar surface area (TPSA) is 69.1 Å². The molecular formula is C9H13N5S. The smallest absolute Gasteiger partial charge is 0.234 e. The maximum absolute atomic E-state index is 5.75. The van der Waals surface area contributed by atoms with Crippen LogP contribution in [0.15, 0.2) is 0 Å². The summed E-state index contributed by atoms with van der Waals surface area (Å²) in [5.41, 5.74) is 5.75. The maximum atomic E-state index is 5.75. The van der Waals surface area contributed by atoms with Crippen LogP contribution in [-0.4, -0.2) is 25.9 Å². The van der Waals surface area contributed by atoms with Gasteiger partial charge in [-0.2, -0.15) is 9.61 Å². The third kappa shape index (κ3) is 1.63. The summed E-state index contributed by atoms with van der Waals surface area (Å²) >= 11 is 1.59. The van der Waals surface area contributed by atoms with E-state index in [0.29, 0.717) is 5.92 Å². The van der Waals surface area contributed by atoms with Crippen molar-refractivity contribution in [2.45, 2.75) is 38.1 Å². The number of hydrogen-bond acceptors (Lipinski definition) is 5. The lowest BCUT2D eigenvalue weighted by Crippen LogP contribution is -2.17. The molecule has 0 saturated heterocycles. The standard InChI is InChI=1S/C9H13N5S/c1-5(10)4-7-13-14-8(6-2-3-6)11-12-9(14)15-7/h5-6H,2-4,10H2,1H3. The molecule has 1 atom stereocenters. The number of rotatable bonds is 3. The Morgan fingerprint density at radius 1 is 1.53 bits per heavy atom. The molecule has 2 aromatic rings. The molecule has 0 aromatic carbocycles. The molecule has 0 bridgehead atoms. The van der Waals surface area contributed by atoms with Gasteiger partial charge in [0.15, 0.2) is 5.82 Å². The minimum absolute atomic E-state index is 0.151. The van der Waals surface area contributed by atoms with Crippen LogP contribution in [0.4, 0.5) is 0 Å². The van der Waals surface area contributed by atoms with E-state index in [0.717, 1.165) is 22.2 Å². The molecule has 1 aliphatic rings. The third-order valence-electron chi connectivity index (χ3n) is 2.50. The van der Waals surface area contributed by atoms with E-state index in [1.807, 2.05) is 11.4 Å². The van der Waals surface area contributed by atoms with Gasteiger partial charge < -0.3 is 5.73 Å². The second kappa shape index (κ2) is 3.24. The molecule has 0 radical (unpaired) electrons. The first-order valence-corrected chi connectivity index (χ1v) is 6.02. The summed E-state index contributed by atoms with van der Waals surface area (Å²) in [4.78, 5) is 0.896. The van der Waals surface area contributed by atoms with Gasteiger partial charge in [0, 0.05) is 18.4 Å². The SMILES string of the molecule is CC(N)Cc1nn2c(C3CC3)nnc2s1. The second-order valence-electron chi connectivity index (χ2n) is 4.20. The number of nitrogens with zero attached hydrogens (tertiary/aromatic N) is 4. The summed E-state index contributed by atoms with van der Waals surface area (Å²) in [7, 11) is 0. The number of nitrogens with two attached hydrogens (primary N) is 1. The highest BCUT2D eigenvalue weighted by atomic mass is 32.1. The van der Waals surface area contributed by atoms with Crippen molar-refractivity contribution in [2.75, 3.05) is 0 Å². The van der Waals surface area contributed by atoms with Gasteiger partial charge in [-0.05, 0) is 19.8 Å². The van der Waals surface area contributed by atoms with Gasteiger partial charge in [0.1, 0.15) is 5.01 Å². The molecule has 1 saturated carbocycles.